The van der Waals surface area contributed by atoms with E-state index in [9.17, 15) is 8.42 Å². The van der Waals surface area contributed by atoms with Crippen molar-refractivity contribution in [1.82, 2.24) is 0 Å². The van der Waals surface area contributed by atoms with E-state index >= 15 is 0 Å². The third kappa shape index (κ3) is 4.14. The predicted molar refractivity (Wildman–Crippen MR) is 91.8 cm³/mol. The maximum atomic E-state index is 12.6. The smallest absolute Gasteiger partial charge is 0.265 e. The molecule has 0 atom stereocenters. The summed E-state index contributed by atoms with van der Waals surface area (Å²) in [5, 5.41) is 0.834. The van der Waals surface area contributed by atoms with Crippen LogP contribution < -0.4 is 14.2 Å². The minimum absolute atomic E-state index is 0.0800. The fraction of sp³-hybridized carbons (Fsp3) is 0.143. The molecule has 0 bridgehead atoms. The lowest BCUT2D eigenvalue weighted by Crippen LogP contribution is -2.14. The normalized spacial score (nSPS) is 11.2. The van der Waals surface area contributed by atoms with Gasteiger partial charge in [0.1, 0.15) is 16.4 Å². The lowest BCUT2D eigenvalue weighted by molar-refractivity contribution is 0.392. The van der Waals surface area contributed by atoms with Crippen LogP contribution >= 0.6 is 34.8 Å². The fourth-order valence-corrected chi connectivity index (χ4v) is 3.83. The SMILES string of the molecule is COc1cc(S(=O)(=O)Nc2cc(Cl)cc(Cl)c2)c(OC)cc1Cl. The summed E-state index contributed by atoms with van der Waals surface area (Å²) >= 11 is 17.7. The second kappa shape index (κ2) is 7.05. The van der Waals surface area contributed by atoms with Crippen LogP contribution in [-0.2, 0) is 10.0 Å². The first kappa shape index (κ1) is 18.0. The molecule has 0 aliphatic heterocycles. The minimum atomic E-state index is -3.97. The van der Waals surface area contributed by atoms with E-state index in [-0.39, 0.29) is 27.1 Å². The van der Waals surface area contributed by atoms with Crippen molar-refractivity contribution in [2.75, 3.05) is 18.9 Å². The second-order valence-electron chi connectivity index (χ2n) is 4.40. The van der Waals surface area contributed by atoms with Gasteiger partial charge in [0.15, 0.2) is 0 Å². The lowest BCUT2D eigenvalue weighted by atomic mass is 10.3. The molecule has 0 heterocycles. The summed E-state index contributed by atoms with van der Waals surface area (Å²) < 4.78 is 37.7. The molecule has 2 rings (SSSR count). The summed E-state index contributed by atoms with van der Waals surface area (Å²) in [6.07, 6.45) is 0. The molecule has 0 amide bonds. The Labute approximate surface area is 149 Å². The predicted octanol–water partition coefficient (Wildman–Crippen LogP) is 4.46. The van der Waals surface area contributed by atoms with E-state index in [1.165, 1.54) is 44.6 Å². The van der Waals surface area contributed by atoms with E-state index < -0.39 is 10.0 Å². The molecule has 0 saturated carbocycles. The van der Waals surface area contributed by atoms with Crippen LogP contribution in [0.5, 0.6) is 11.5 Å². The molecule has 0 spiro atoms. The molecule has 124 valence electrons. The molecule has 2 aromatic rings. The topological polar surface area (TPSA) is 64.6 Å². The molecule has 9 heteroatoms. The molecule has 5 nitrogen and oxygen atoms in total. The van der Waals surface area contributed by atoms with E-state index in [0.29, 0.717) is 10.0 Å². The molecule has 0 aliphatic rings. The Bertz CT molecular complexity index is 820. The lowest BCUT2D eigenvalue weighted by Gasteiger charge is -2.14. The van der Waals surface area contributed by atoms with E-state index in [2.05, 4.69) is 4.72 Å². The van der Waals surface area contributed by atoms with Crippen LogP contribution in [-0.4, -0.2) is 22.6 Å². The largest absolute Gasteiger partial charge is 0.495 e. The van der Waals surface area contributed by atoms with Gasteiger partial charge in [-0.2, -0.15) is 0 Å². The first-order valence-electron chi connectivity index (χ1n) is 6.17. The Kier molecular flexibility index (Phi) is 5.52. The zero-order valence-electron chi connectivity index (χ0n) is 12.1. The highest BCUT2D eigenvalue weighted by Gasteiger charge is 2.23. The number of hydrogen-bond donors (Lipinski definition) is 1. The number of methoxy groups -OCH3 is 2. The van der Waals surface area contributed by atoms with Crippen molar-refractivity contribution in [3.05, 3.63) is 45.4 Å². The van der Waals surface area contributed by atoms with Crippen molar-refractivity contribution in [3.63, 3.8) is 0 Å². The maximum Gasteiger partial charge on any atom is 0.265 e. The van der Waals surface area contributed by atoms with Gasteiger partial charge in [-0.15, -0.1) is 0 Å². The molecule has 1 N–H and O–H groups in total. The van der Waals surface area contributed by atoms with Gasteiger partial charge in [-0.1, -0.05) is 34.8 Å². The Morgan fingerprint density at radius 3 is 1.96 bits per heavy atom. The van der Waals surface area contributed by atoms with Crippen molar-refractivity contribution in [3.8, 4) is 11.5 Å². The van der Waals surface area contributed by atoms with Crippen molar-refractivity contribution in [2.45, 2.75) is 4.90 Å². The van der Waals surface area contributed by atoms with Crippen LogP contribution in [0.3, 0.4) is 0 Å². The van der Waals surface area contributed by atoms with Gasteiger partial charge in [0.25, 0.3) is 10.0 Å². The molecule has 23 heavy (non-hydrogen) atoms. The van der Waals surface area contributed by atoms with Gasteiger partial charge >= 0.3 is 0 Å². The number of rotatable bonds is 5. The van der Waals surface area contributed by atoms with Gasteiger partial charge in [0.05, 0.1) is 24.9 Å². The first-order valence-corrected chi connectivity index (χ1v) is 8.79. The number of anilines is 1. The second-order valence-corrected chi connectivity index (χ2v) is 7.33. The van der Waals surface area contributed by atoms with Gasteiger partial charge in [-0.25, -0.2) is 8.42 Å². The Morgan fingerprint density at radius 1 is 0.870 bits per heavy atom. The quantitative estimate of drug-likeness (QED) is 0.810. The van der Waals surface area contributed by atoms with Crippen LogP contribution in [0.25, 0.3) is 0 Å². The summed E-state index contributed by atoms with van der Waals surface area (Å²) in [5.74, 6) is 0.286. The average Bonchev–Trinajstić information content (AvgIpc) is 2.44. The third-order valence-corrected chi connectivity index (χ3v) is 4.98. The van der Waals surface area contributed by atoms with E-state index in [1.807, 2.05) is 0 Å². The molecule has 0 fully saturated rings. The molecule has 2 aromatic carbocycles. The Balaban J connectivity index is 2.50. The van der Waals surface area contributed by atoms with Gasteiger partial charge in [-0.05, 0) is 18.2 Å². The summed E-state index contributed by atoms with van der Waals surface area (Å²) in [7, 11) is -1.25. The number of sulfonamides is 1. The summed E-state index contributed by atoms with van der Waals surface area (Å²) in [4.78, 5) is -0.127. The Hall–Kier alpha value is -1.34. The molecule has 0 saturated heterocycles. The summed E-state index contributed by atoms with van der Waals surface area (Å²) in [5.41, 5.74) is 0.221. The van der Waals surface area contributed by atoms with E-state index in [1.54, 1.807) is 0 Å². The van der Waals surface area contributed by atoms with Crippen LogP contribution in [0.4, 0.5) is 5.69 Å². The van der Waals surface area contributed by atoms with Crippen LogP contribution in [0.15, 0.2) is 35.2 Å². The monoisotopic (exact) mass is 395 g/mol. The molecule has 0 unspecified atom stereocenters. The van der Waals surface area contributed by atoms with Crippen molar-refractivity contribution < 1.29 is 17.9 Å². The highest BCUT2D eigenvalue weighted by molar-refractivity contribution is 7.92. The number of nitrogens with one attached hydrogen (secondary N) is 1. The number of halogens is 3. The zero-order valence-corrected chi connectivity index (χ0v) is 15.1. The van der Waals surface area contributed by atoms with Crippen molar-refractivity contribution >= 4 is 50.5 Å². The number of ether oxygens (including phenoxy) is 2. The third-order valence-electron chi connectivity index (χ3n) is 2.84. The summed E-state index contributed by atoms with van der Waals surface area (Å²) in [6.45, 7) is 0. The van der Waals surface area contributed by atoms with Crippen LogP contribution in [0.2, 0.25) is 15.1 Å². The standard InChI is InChI=1S/C14H12Cl3NO4S/c1-21-12-7-14(13(22-2)6-11(12)17)23(19,20)18-10-4-8(15)3-9(16)5-10/h3-7,18H,1-2H3. The highest BCUT2D eigenvalue weighted by atomic mass is 35.5. The average molecular weight is 397 g/mol. The van der Waals surface area contributed by atoms with Crippen molar-refractivity contribution in [1.29, 1.82) is 0 Å². The summed E-state index contributed by atoms with van der Waals surface area (Å²) in [6, 6.07) is 7.00. The molecule has 0 aromatic heterocycles. The van der Waals surface area contributed by atoms with Gasteiger partial charge in [0, 0.05) is 22.2 Å². The Morgan fingerprint density at radius 2 is 1.43 bits per heavy atom. The number of benzene rings is 2. The molecular formula is C14H12Cl3NO4S. The zero-order chi connectivity index (χ0) is 17.2. The van der Waals surface area contributed by atoms with Gasteiger partial charge in [-0.3, -0.25) is 4.72 Å². The van der Waals surface area contributed by atoms with Gasteiger partial charge in [0.2, 0.25) is 0 Å². The first-order chi connectivity index (χ1) is 10.8. The minimum Gasteiger partial charge on any atom is -0.495 e. The van der Waals surface area contributed by atoms with Crippen LogP contribution in [0, 0.1) is 0 Å². The van der Waals surface area contributed by atoms with Gasteiger partial charge < -0.3 is 9.47 Å². The van der Waals surface area contributed by atoms with E-state index in [0.717, 1.165) is 0 Å². The maximum absolute atomic E-state index is 12.6. The highest BCUT2D eigenvalue weighted by Crippen LogP contribution is 2.36. The number of hydrogen-bond acceptors (Lipinski definition) is 4. The fourth-order valence-electron chi connectivity index (χ4n) is 1.87. The molecular weight excluding hydrogens is 385 g/mol. The van der Waals surface area contributed by atoms with Crippen molar-refractivity contribution in [2.24, 2.45) is 0 Å². The molecule has 0 radical (unpaired) electrons. The van der Waals surface area contributed by atoms with E-state index in [4.69, 9.17) is 44.3 Å². The molecule has 0 aliphatic carbocycles. The van der Waals surface area contributed by atoms with Crippen LogP contribution in [0.1, 0.15) is 0 Å².